The number of amides is 2. The monoisotopic (exact) mass is 364 g/mol. The smallest absolute Gasteiger partial charge is 0.254 e. The van der Waals surface area contributed by atoms with Crippen LogP contribution in [0.2, 0.25) is 0 Å². The van der Waals surface area contributed by atoms with Crippen molar-refractivity contribution in [1.29, 1.82) is 0 Å². The Morgan fingerprint density at radius 2 is 2.04 bits per heavy atom. The topological polar surface area (TPSA) is 77.1 Å². The molecular formula is C19H28N2O5. The van der Waals surface area contributed by atoms with Crippen molar-refractivity contribution >= 4 is 17.5 Å². The summed E-state index contributed by atoms with van der Waals surface area (Å²) in [6.45, 7) is 6.28. The summed E-state index contributed by atoms with van der Waals surface area (Å²) in [6.07, 6.45) is 1.92. The van der Waals surface area contributed by atoms with E-state index in [4.69, 9.17) is 14.2 Å². The molecule has 0 aliphatic carbocycles. The lowest BCUT2D eigenvalue weighted by Crippen LogP contribution is -2.29. The first kappa shape index (κ1) is 20.0. The summed E-state index contributed by atoms with van der Waals surface area (Å²) >= 11 is 0. The summed E-state index contributed by atoms with van der Waals surface area (Å²) in [5.74, 6) is 0.830. The van der Waals surface area contributed by atoms with Gasteiger partial charge in [0.05, 0.1) is 26.5 Å². The maximum atomic E-state index is 12.9. The third-order valence-electron chi connectivity index (χ3n) is 4.31. The first-order valence-corrected chi connectivity index (χ1v) is 8.90. The Morgan fingerprint density at radius 3 is 2.65 bits per heavy atom. The number of methoxy groups -OCH3 is 2. The van der Waals surface area contributed by atoms with Crippen molar-refractivity contribution < 1.29 is 23.8 Å². The van der Waals surface area contributed by atoms with Crippen LogP contribution < -0.4 is 14.8 Å². The van der Waals surface area contributed by atoms with Crippen LogP contribution in [0.4, 0.5) is 5.69 Å². The Labute approximate surface area is 154 Å². The molecule has 1 fully saturated rings. The number of likely N-dealkylation sites (tertiary alicyclic amines) is 1. The van der Waals surface area contributed by atoms with Crippen molar-refractivity contribution in [3.63, 3.8) is 0 Å². The molecule has 1 aliphatic heterocycles. The lowest BCUT2D eigenvalue weighted by atomic mass is 10.1. The third-order valence-corrected chi connectivity index (χ3v) is 4.31. The molecule has 0 bridgehead atoms. The number of benzene rings is 1. The van der Waals surface area contributed by atoms with E-state index in [0.29, 0.717) is 48.4 Å². The zero-order valence-electron chi connectivity index (χ0n) is 16.0. The fraction of sp³-hybridized carbons (Fsp3) is 0.579. The van der Waals surface area contributed by atoms with E-state index in [9.17, 15) is 9.59 Å². The summed E-state index contributed by atoms with van der Waals surface area (Å²) < 4.78 is 16.3. The van der Waals surface area contributed by atoms with Gasteiger partial charge in [-0.25, -0.2) is 0 Å². The van der Waals surface area contributed by atoms with Crippen molar-refractivity contribution in [2.75, 3.05) is 45.8 Å². The summed E-state index contributed by atoms with van der Waals surface area (Å²) in [5, 5.41) is 2.69. The number of carbonyl (C=O) groups excluding carboxylic acids is 2. The molecule has 1 aromatic rings. The molecule has 26 heavy (non-hydrogen) atoms. The molecule has 0 saturated carbocycles. The van der Waals surface area contributed by atoms with E-state index in [1.807, 2.05) is 4.90 Å². The number of anilines is 1. The van der Waals surface area contributed by atoms with Gasteiger partial charge in [0.25, 0.3) is 5.91 Å². The summed E-state index contributed by atoms with van der Waals surface area (Å²) in [6, 6.07) is 3.28. The normalized spacial score (nSPS) is 16.5. The van der Waals surface area contributed by atoms with Crippen LogP contribution in [0, 0.1) is 5.92 Å². The Bertz CT molecular complexity index is 647. The van der Waals surface area contributed by atoms with Crippen LogP contribution >= 0.6 is 0 Å². The van der Waals surface area contributed by atoms with Gasteiger partial charge < -0.3 is 24.4 Å². The number of ether oxygens (including phenoxy) is 3. The average Bonchev–Trinajstić information content (AvgIpc) is 3.09. The predicted molar refractivity (Wildman–Crippen MR) is 99.0 cm³/mol. The molecule has 7 heteroatoms. The number of rotatable bonds is 8. The summed E-state index contributed by atoms with van der Waals surface area (Å²) in [5.41, 5.74) is 0.881. The molecule has 0 radical (unpaired) electrons. The molecule has 0 spiro atoms. The van der Waals surface area contributed by atoms with Crippen LogP contribution in [-0.4, -0.2) is 57.2 Å². The molecule has 144 valence electrons. The van der Waals surface area contributed by atoms with Crippen molar-refractivity contribution in [2.24, 2.45) is 5.92 Å². The molecule has 1 heterocycles. The van der Waals surface area contributed by atoms with Crippen molar-refractivity contribution in [1.82, 2.24) is 4.90 Å². The first-order valence-electron chi connectivity index (χ1n) is 8.90. The van der Waals surface area contributed by atoms with E-state index < -0.39 is 0 Å². The highest BCUT2D eigenvalue weighted by atomic mass is 16.5. The number of carbonyl (C=O) groups is 2. The van der Waals surface area contributed by atoms with Crippen LogP contribution in [0.1, 0.15) is 37.0 Å². The second kappa shape index (κ2) is 9.43. The molecule has 1 saturated heterocycles. The highest BCUT2D eigenvalue weighted by molar-refractivity contribution is 5.99. The number of hydrogen-bond acceptors (Lipinski definition) is 5. The zero-order valence-corrected chi connectivity index (χ0v) is 16.0. The van der Waals surface area contributed by atoms with E-state index in [1.54, 1.807) is 12.1 Å². The van der Waals surface area contributed by atoms with E-state index >= 15 is 0 Å². The Kier molecular flexibility index (Phi) is 7.26. The average molecular weight is 364 g/mol. The number of nitrogens with one attached hydrogen (secondary N) is 1. The maximum absolute atomic E-state index is 12.9. The molecule has 0 aromatic heterocycles. The molecule has 1 aromatic carbocycles. The van der Waals surface area contributed by atoms with Crippen LogP contribution in [0.5, 0.6) is 11.5 Å². The second-order valence-electron chi connectivity index (χ2n) is 6.42. The first-order chi connectivity index (χ1) is 12.5. The van der Waals surface area contributed by atoms with Gasteiger partial charge in [-0.15, -0.1) is 0 Å². The molecule has 1 aliphatic rings. The fourth-order valence-electron chi connectivity index (χ4n) is 3.10. The number of hydrogen-bond donors (Lipinski definition) is 1. The van der Waals surface area contributed by atoms with Gasteiger partial charge in [-0.05, 0) is 25.0 Å². The standard InChI is InChI=1S/C19H28N2O5/c1-5-8-26-12-14-6-7-21(11-14)19(23)15-9-16(20-13(2)22)18(25-4)17(10-15)24-3/h9-10,14H,5-8,11-12H2,1-4H3,(H,20,22). The molecule has 2 amide bonds. The van der Waals surface area contributed by atoms with Gasteiger partial charge >= 0.3 is 0 Å². The Balaban J connectivity index is 2.17. The maximum Gasteiger partial charge on any atom is 0.254 e. The van der Waals surface area contributed by atoms with Gasteiger partial charge in [0.1, 0.15) is 0 Å². The minimum atomic E-state index is -0.246. The fourth-order valence-corrected chi connectivity index (χ4v) is 3.10. The molecular weight excluding hydrogens is 336 g/mol. The van der Waals surface area contributed by atoms with E-state index in [2.05, 4.69) is 12.2 Å². The molecule has 2 rings (SSSR count). The van der Waals surface area contributed by atoms with Crippen molar-refractivity contribution in [3.05, 3.63) is 17.7 Å². The SMILES string of the molecule is CCCOCC1CCN(C(=O)c2cc(NC(C)=O)c(OC)c(OC)c2)C1. The quantitative estimate of drug-likeness (QED) is 0.718. The molecule has 1 N–H and O–H groups in total. The van der Waals surface area contributed by atoms with Gasteiger partial charge in [-0.2, -0.15) is 0 Å². The van der Waals surface area contributed by atoms with Crippen LogP contribution in [0.25, 0.3) is 0 Å². The van der Waals surface area contributed by atoms with Crippen molar-refractivity contribution in [3.8, 4) is 11.5 Å². The predicted octanol–water partition coefficient (Wildman–Crippen LogP) is 2.55. The molecule has 1 atom stereocenters. The minimum absolute atomic E-state index is 0.0875. The summed E-state index contributed by atoms with van der Waals surface area (Å²) in [7, 11) is 2.99. The van der Waals surface area contributed by atoms with Crippen LogP contribution in [0.3, 0.4) is 0 Å². The van der Waals surface area contributed by atoms with Gasteiger partial charge in [0.2, 0.25) is 5.91 Å². The summed E-state index contributed by atoms with van der Waals surface area (Å²) in [4.78, 5) is 26.2. The largest absolute Gasteiger partial charge is 0.493 e. The lowest BCUT2D eigenvalue weighted by molar-refractivity contribution is -0.114. The highest BCUT2D eigenvalue weighted by Crippen LogP contribution is 2.37. The lowest BCUT2D eigenvalue weighted by Gasteiger charge is -2.19. The number of nitrogens with zero attached hydrogens (tertiary/aromatic N) is 1. The zero-order chi connectivity index (χ0) is 19.1. The van der Waals surface area contributed by atoms with Gasteiger partial charge in [0, 0.05) is 38.1 Å². The molecule has 1 unspecified atom stereocenters. The van der Waals surface area contributed by atoms with Crippen molar-refractivity contribution in [2.45, 2.75) is 26.7 Å². The highest BCUT2D eigenvalue weighted by Gasteiger charge is 2.28. The molecule has 7 nitrogen and oxygen atoms in total. The van der Waals surface area contributed by atoms with E-state index in [-0.39, 0.29) is 11.8 Å². The van der Waals surface area contributed by atoms with Crippen LogP contribution in [-0.2, 0) is 9.53 Å². The Hall–Kier alpha value is -2.28. The third kappa shape index (κ3) is 4.88. The second-order valence-corrected chi connectivity index (χ2v) is 6.42. The Morgan fingerprint density at radius 1 is 1.27 bits per heavy atom. The van der Waals surface area contributed by atoms with Gasteiger partial charge in [0.15, 0.2) is 11.5 Å². The minimum Gasteiger partial charge on any atom is -0.493 e. The van der Waals surface area contributed by atoms with E-state index in [1.165, 1.54) is 21.1 Å². The van der Waals surface area contributed by atoms with Gasteiger partial charge in [-0.1, -0.05) is 6.92 Å². The van der Waals surface area contributed by atoms with E-state index in [0.717, 1.165) is 19.4 Å². The van der Waals surface area contributed by atoms with Gasteiger partial charge in [-0.3, -0.25) is 9.59 Å². The van der Waals surface area contributed by atoms with Crippen LogP contribution in [0.15, 0.2) is 12.1 Å².